The van der Waals surface area contributed by atoms with Crippen LogP contribution in [0.1, 0.15) is 19.2 Å². The Hall–Kier alpha value is -0.720. The maximum absolute atomic E-state index is 5.86. The average Bonchev–Trinajstić information content (AvgIpc) is 2.76. The number of rotatable bonds is 4. The molecule has 0 fully saturated rings. The molecule has 1 atom stereocenters. The van der Waals surface area contributed by atoms with Crippen molar-refractivity contribution in [3.63, 3.8) is 0 Å². The van der Waals surface area contributed by atoms with E-state index >= 15 is 0 Å². The van der Waals surface area contributed by atoms with Crippen LogP contribution >= 0.6 is 31.9 Å². The van der Waals surface area contributed by atoms with Gasteiger partial charge in [0, 0.05) is 27.0 Å². The SMILES string of the molecule is CCC(N)Cc1noc(-c2cc(Br)cc(Br)c2)n1. The quantitative estimate of drug-likeness (QED) is 0.888. The van der Waals surface area contributed by atoms with Crippen molar-refractivity contribution in [3.05, 3.63) is 33.0 Å². The summed E-state index contributed by atoms with van der Waals surface area (Å²) in [5, 5.41) is 3.94. The van der Waals surface area contributed by atoms with E-state index in [1.54, 1.807) is 0 Å². The van der Waals surface area contributed by atoms with Crippen LogP contribution in [0.15, 0.2) is 31.7 Å². The molecule has 1 unspecified atom stereocenters. The third kappa shape index (κ3) is 3.40. The second-order valence-corrected chi connectivity index (χ2v) is 5.88. The van der Waals surface area contributed by atoms with Crippen molar-refractivity contribution < 1.29 is 4.52 Å². The first-order valence-corrected chi connectivity index (χ1v) is 7.21. The Kier molecular flexibility index (Phi) is 4.53. The van der Waals surface area contributed by atoms with E-state index in [0.717, 1.165) is 20.9 Å². The molecule has 1 aromatic carbocycles. The summed E-state index contributed by atoms with van der Waals surface area (Å²) in [6.45, 7) is 2.04. The molecule has 0 aliphatic carbocycles. The van der Waals surface area contributed by atoms with Crippen LogP contribution in [0.3, 0.4) is 0 Å². The van der Waals surface area contributed by atoms with Crippen LogP contribution in [0.5, 0.6) is 0 Å². The number of aromatic nitrogens is 2. The van der Waals surface area contributed by atoms with E-state index in [1.807, 2.05) is 25.1 Å². The zero-order valence-electron chi connectivity index (χ0n) is 9.86. The van der Waals surface area contributed by atoms with Gasteiger partial charge in [-0.05, 0) is 24.6 Å². The Morgan fingerprint density at radius 2 is 1.94 bits per heavy atom. The van der Waals surface area contributed by atoms with Gasteiger partial charge in [0.15, 0.2) is 5.82 Å². The van der Waals surface area contributed by atoms with Crippen LogP contribution in [-0.4, -0.2) is 16.2 Å². The highest BCUT2D eigenvalue weighted by Gasteiger charge is 2.12. The normalized spacial score (nSPS) is 12.7. The zero-order valence-corrected chi connectivity index (χ0v) is 13.0. The molecule has 6 heteroatoms. The van der Waals surface area contributed by atoms with Crippen LogP contribution in [-0.2, 0) is 6.42 Å². The Morgan fingerprint density at radius 3 is 2.56 bits per heavy atom. The van der Waals surface area contributed by atoms with Gasteiger partial charge in [0.25, 0.3) is 5.89 Å². The monoisotopic (exact) mass is 373 g/mol. The summed E-state index contributed by atoms with van der Waals surface area (Å²) in [4.78, 5) is 4.35. The molecule has 0 aliphatic heterocycles. The third-order valence-electron chi connectivity index (χ3n) is 2.55. The number of hydrogen-bond acceptors (Lipinski definition) is 4. The first-order chi connectivity index (χ1) is 8.58. The second kappa shape index (κ2) is 5.95. The standard InChI is InChI=1S/C12H13Br2N3O/c1-2-10(15)6-11-16-12(18-17-11)7-3-8(13)5-9(14)4-7/h3-5,10H,2,6,15H2,1H3. The lowest BCUT2D eigenvalue weighted by atomic mass is 10.1. The largest absolute Gasteiger partial charge is 0.334 e. The summed E-state index contributed by atoms with van der Waals surface area (Å²) < 4.78 is 7.16. The summed E-state index contributed by atoms with van der Waals surface area (Å²) in [7, 11) is 0. The molecule has 0 radical (unpaired) electrons. The van der Waals surface area contributed by atoms with Crippen molar-refractivity contribution in [2.45, 2.75) is 25.8 Å². The highest BCUT2D eigenvalue weighted by Crippen LogP contribution is 2.26. The topological polar surface area (TPSA) is 64.9 Å². The van der Waals surface area contributed by atoms with Gasteiger partial charge in [0.2, 0.25) is 0 Å². The summed E-state index contributed by atoms with van der Waals surface area (Å²) in [6.07, 6.45) is 1.53. The predicted octanol–water partition coefficient (Wildman–Crippen LogP) is 3.54. The summed E-state index contributed by atoms with van der Waals surface area (Å²) in [6, 6.07) is 5.89. The minimum Gasteiger partial charge on any atom is -0.334 e. The minimum absolute atomic E-state index is 0.0738. The smallest absolute Gasteiger partial charge is 0.257 e. The molecular formula is C12H13Br2N3O. The Bertz CT molecular complexity index is 522. The van der Waals surface area contributed by atoms with Crippen molar-refractivity contribution in [1.82, 2.24) is 10.1 Å². The fourth-order valence-corrected chi connectivity index (χ4v) is 2.80. The van der Waals surface area contributed by atoms with Gasteiger partial charge in [-0.3, -0.25) is 0 Å². The summed E-state index contributed by atoms with van der Waals surface area (Å²) in [5.41, 5.74) is 6.74. The van der Waals surface area contributed by atoms with E-state index in [1.165, 1.54) is 0 Å². The molecule has 18 heavy (non-hydrogen) atoms. The van der Waals surface area contributed by atoms with E-state index in [2.05, 4.69) is 42.0 Å². The van der Waals surface area contributed by atoms with Gasteiger partial charge in [-0.25, -0.2) is 0 Å². The molecular weight excluding hydrogens is 362 g/mol. The molecule has 0 aliphatic rings. The fourth-order valence-electron chi connectivity index (χ4n) is 1.51. The number of hydrogen-bond donors (Lipinski definition) is 1. The van der Waals surface area contributed by atoms with Crippen molar-refractivity contribution in [2.24, 2.45) is 5.73 Å². The van der Waals surface area contributed by atoms with Gasteiger partial charge in [-0.15, -0.1) is 0 Å². The molecule has 0 saturated carbocycles. The Morgan fingerprint density at radius 1 is 1.28 bits per heavy atom. The molecule has 0 amide bonds. The lowest BCUT2D eigenvalue weighted by Gasteiger charge is -2.02. The van der Waals surface area contributed by atoms with Crippen LogP contribution in [0.25, 0.3) is 11.5 Å². The van der Waals surface area contributed by atoms with Crippen LogP contribution in [0.4, 0.5) is 0 Å². The molecule has 4 nitrogen and oxygen atoms in total. The molecule has 96 valence electrons. The number of nitrogens with zero attached hydrogens (tertiary/aromatic N) is 2. The van der Waals surface area contributed by atoms with Crippen molar-refractivity contribution in [1.29, 1.82) is 0 Å². The lowest BCUT2D eigenvalue weighted by molar-refractivity contribution is 0.419. The second-order valence-electron chi connectivity index (χ2n) is 4.05. The molecule has 2 aromatic rings. The van der Waals surface area contributed by atoms with Crippen LogP contribution in [0.2, 0.25) is 0 Å². The average molecular weight is 375 g/mol. The number of halogens is 2. The van der Waals surface area contributed by atoms with E-state index in [9.17, 15) is 0 Å². The predicted molar refractivity (Wildman–Crippen MR) is 77.1 cm³/mol. The first-order valence-electron chi connectivity index (χ1n) is 5.63. The zero-order chi connectivity index (χ0) is 13.1. The van der Waals surface area contributed by atoms with Gasteiger partial charge in [0.1, 0.15) is 0 Å². The van der Waals surface area contributed by atoms with Gasteiger partial charge in [-0.2, -0.15) is 4.98 Å². The highest BCUT2D eigenvalue weighted by atomic mass is 79.9. The van der Waals surface area contributed by atoms with Gasteiger partial charge in [0.05, 0.1) is 0 Å². The lowest BCUT2D eigenvalue weighted by Crippen LogP contribution is -2.21. The fraction of sp³-hybridized carbons (Fsp3) is 0.333. The molecule has 0 saturated heterocycles. The Balaban J connectivity index is 2.23. The van der Waals surface area contributed by atoms with Crippen molar-refractivity contribution in [3.8, 4) is 11.5 Å². The number of benzene rings is 1. The molecule has 0 spiro atoms. The molecule has 2 N–H and O–H groups in total. The van der Waals surface area contributed by atoms with Crippen molar-refractivity contribution >= 4 is 31.9 Å². The van der Waals surface area contributed by atoms with E-state index in [-0.39, 0.29) is 6.04 Å². The maximum Gasteiger partial charge on any atom is 0.257 e. The van der Waals surface area contributed by atoms with Gasteiger partial charge < -0.3 is 10.3 Å². The molecule has 0 bridgehead atoms. The van der Waals surface area contributed by atoms with Gasteiger partial charge in [-0.1, -0.05) is 43.9 Å². The molecule has 1 heterocycles. The van der Waals surface area contributed by atoms with Gasteiger partial charge >= 0.3 is 0 Å². The highest BCUT2D eigenvalue weighted by molar-refractivity contribution is 9.11. The molecule has 1 aromatic heterocycles. The van der Waals surface area contributed by atoms with Crippen LogP contribution < -0.4 is 5.73 Å². The number of nitrogens with two attached hydrogens (primary N) is 1. The van der Waals surface area contributed by atoms with Crippen molar-refractivity contribution in [2.75, 3.05) is 0 Å². The maximum atomic E-state index is 5.86. The third-order valence-corrected chi connectivity index (χ3v) is 3.46. The first kappa shape index (κ1) is 13.7. The van der Waals surface area contributed by atoms with E-state index < -0.39 is 0 Å². The molecule has 2 rings (SSSR count). The summed E-state index contributed by atoms with van der Waals surface area (Å²) in [5.74, 6) is 1.16. The Labute approximate surface area is 122 Å². The minimum atomic E-state index is 0.0738. The summed E-state index contributed by atoms with van der Waals surface area (Å²) >= 11 is 6.86. The van der Waals surface area contributed by atoms with Crippen LogP contribution in [0, 0.1) is 0 Å². The van der Waals surface area contributed by atoms with E-state index in [0.29, 0.717) is 18.1 Å². The van der Waals surface area contributed by atoms with E-state index in [4.69, 9.17) is 10.3 Å².